The van der Waals surface area contributed by atoms with Gasteiger partial charge >= 0.3 is 5.97 Å². The van der Waals surface area contributed by atoms with Crippen LogP contribution in [0, 0.1) is 10.1 Å². The van der Waals surface area contributed by atoms with Crippen LogP contribution in [0.1, 0.15) is 24.2 Å². The summed E-state index contributed by atoms with van der Waals surface area (Å²) >= 11 is 0. The molecule has 124 valence electrons. The van der Waals surface area contributed by atoms with Gasteiger partial charge in [0.1, 0.15) is 6.10 Å². The second-order valence-corrected chi connectivity index (χ2v) is 4.99. The summed E-state index contributed by atoms with van der Waals surface area (Å²) in [5.41, 5.74) is 0.883. The van der Waals surface area contributed by atoms with Crippen LogP contribution in [0.2, 0.25) is 0 Å². The van der Waals surface area contributed by atoms with Gasteiger partial charge in [-0.3, -0.25) is 10.1 Å². The van der Waals surface area contributed by atoms with Crippen LogP contribution in [-0.2, 0) is 9.53 Å². The van der Waals surface area contributed by atoms with E-state index in [1.807, 2.05) is 0 Å². The fraction of sp³-hybridized carbons (Fsp3) is 0.167. The minimum absolute atomic E-state index is 0.0172. The van der Waals surface area contributed by atoms with E-state index in [2.05, 4.69) is 0 Å². The molecule has 0 heterocycles. The van der Waals surface area contributed by atoms with Gasteiger partial charge in [-0.2, -0.15) is 0 Å². The maximum Gasteiger partial charge on any atom is 0.337 e. The number of nitro benzene ring substituents is 1. The number of esters is 1. The minimum atomic E-state index is -1.19. The van der Waals surface area contributed by atoms with Crippen LogP contribution in [0.4, 0.5) is 5.69 Å². The lowest BCUT2D eigenvalue weighted by atomic mass is 9.99. The van der Waals surface area contributed by atoms with Crippen LogP contribution in [0.5, 0.6) is 0 Å². The molecule has 0 bridgehead atoms. The highest BCUT2D eigenvalue weighted by Gasteiger charge is 2.22. The van der Waals surface area contributed by atoms with E-state index in [4.69, 9.17) is 4.74 Å². The quantitative estimate of drug-likeness (QED) is 0.380. The smallest absolute Gasteiger partial charge is 0.337 e. The van der Waals surface area contributed by atoms with Crippen LogP contribution >= 0.6 is 0 Å². The average Bonchev–Trinajstić information content (AvgIpc) is 2.60. The van der Waals surface area contributed by atoms with Gasteiger partial charge in [-0.25, -0.2) is 4.79 Å². The Bertz CT molecular complexity index is 755. The summed E-state index contributed by atoms with van der Waals surface area (Å²) in [6.45, 7) is 1.82. The minimum Gasteiger partial charge on any atom is -0.463 e. The summed E-state index contributed by atoms with van der Waals surface area (Å²) in [7, 11) is 0. The Kier molecular flexibility index (Phi) is 5.81. The molecule has 1 unspecified atom stereocenters. The zero-order valence-corrected chi connectivity index (χ0v) is 13.1. The summed E-state index contributed by atoms with van der Waals surface area (Å²) in [4.78, 5) is 22.6. The molecule has 0 aliphatic carbocycles. The maximum absolute atomic E-state index is 12.2. The molecule has 0 aromatic heterocycles. The van der Waals surface area contributed by atoms with E-state index in [1.54, 1.807) is 43.3 Å². The molecule has 0 saturated heterocycles. The Hall–Kier alpha value is -2.99. The molecule has 2 aromatic rings. The van der Waals surface area contributed by atoms with Crippen molar-refractivity contribution in [3.05, 3.63) is 81.4 Å². The summed E-state index contributed by atoms with van der Waals surface area (Å²) in [5, 5.41) is 21.4. The molecule has 0 fully saturated rings. The lowest BCUT2D eigenvalue weighted by Gasteiger charge is -2.14. The van der Waals surface area contributed by atoms with Gasteiger partial charge < -0.3 is 9.84 Å². The van der Waals surface area contributed by atoms with E-state index in [-0.39, 0.29) is 17.9 Å². The monoisotopic (exact) mass is 327 g/mol. The van der Waals surface area contributed by atoms with E-state index >= 15 is 0 Å². The van der Waals surface area contributed by atoms with E-state index in [1.165, 1.54) is 24.3 Å². The summed E-state index contributed by atoms with van der Waals surface area (Å²) in [5.74, 6) is -0.666. The first kappa shape index (κ1) is 17.4. The molecule has 0 saturated carbocycles. The fourth-order valence-electron chi connectivity index (χ4n) is 2.19. The molecule has 0 spiro atoms. The Morgan fingerprint density at radius 2 is 1.96 bits per heavy atom. The number of nitro groups is 1. The highest BCUT2D eigenvalue weighted by atomic mass is 16.6. The summed E-state index contributed by atoms with van der Waals surface area (Å²) < 4.78 is 5.00. The molecule has 2 rings (SSSR count). The molecular formula is C18H17NO5. The Labute approximate surface area is 139 Å². The van der Waals surface area contributed by atoms with Crippen molar-refractivity contribution in [3.63, 3.8) is 0 Å². The third-order valence-corrected chi connectivity index (χ3v) is 3.32. The molecule has 6 nitrogen and oxygen atoms in total. The number of carbonyl (C=O) groups is 1. The van der Waals surface area contributed by atoms with E-state index in [9.17, 15) is 20.0 Å². The predicted octanol–water partition coefficient (Wildman–Crippen LogP) is 3.27. The molecule has 24 heavy (non-hydrogen) atoms. The maximum atomic E-state index is 12.2. The molecule has 2 aromatic carbocycles. The number of non-ortho nitro benzene ring substituents is 1. The largest absolute Gasteiger partial charge is 0.463 e. The Morgan fingerprint density at radius 3 is 2.58 bits per heavy atom. The molecule has 1 N–H and O–H groups in total. The Balaban J connectivity index is 2.44. The van der Waals surface area contributed by atoms with E-state index in [0.717, 1.165) is 0 Å². The summed E-state index contributed by atoms with van der Waals surface area (Å²) in [6.07, 6.45) is 0.215. The number of hydrogen-bond acceptors (Lipinski definition) is 5. The summed E-state index contributed by atoms with van der Waals surface area (Å²) in [6, 6.07) is 14.5. The number of aliphatic hydroxyl groups is 1. The molecule has 0 radical (unpaired) electrons. The standard InChI is InChI=1S/C18H17NO5/c1-2-24-18(21)16(17(20)14-8-4-3-5-9-14)12-13-7-6-10-15(11-13)19(22)23/h3-12,17,20H,2H2,1H3/b16-12+. The zero-order chi connectivity index (χ0) is 17.5. The average molecular weight is 327 g/mol. The predicted molar refractivity (Wildman–Crippen MR) is 89.1 cm³/mol. The van der Waals surface area contributed by atoms with Crippen molar-refractivity contribution >= 4 is 17.7 Å². The third kappa shape index (κ3) is 4.27. The van der Waals surface area contributed by atoms with Crippen LogP contribution < -0.4 is 0 Å². The number of hydrogen-bond donors (Lipinski definition) is 1. The van der Waals surface area contributed by atoms with E-state index in [0.29, 0.717) is 11.1 Å². The van der Waals surface area contributed by atoms with Crippen molar-refractivity contribution in [3.8, 4) is 0 Å². The van der Waals surface area contributed by atoms with Gasteiger partial charge in [0.15, 0.2) is 0 Å². The first-order chi connectivity index (χ1) is 11.5. The van der Waals surface area contributed by atoms with Crippen molar-refractivity contribution in [1.29, 1.82) is 0 Å². The second kappa shape index (κ2) is 8.03. The number of carbonyl (C=O) groups excluding carboxylic acids is 1. The van der Waals surface area contributed by atoms with Crippen molar-refractivity contribution < 1.29 is 19.6 Å². The zero-order valence-electron chi connectivity index (χ0n) is 13.1. The van der Waals surface area contributed by atoms with Crippen molar-refractivity contribution in [2.45, 2.75) is 13.0 Å². The number of rotatable bonds is 6. The molecule has 0 amide bonds. The molecular weight excluding hydrogens is 310 g/mol. The number of benzene rings is 2. The molecule has 0 aliphatic heterocycles. The third-order valence-electron chi connectivity index (χ3n) is 3.32. The van der Waals surface area contributed by atoms with Crippen LogP contribution in [0.25, 0.3) is 6.08 Å². The van der Waals surface area contributed by atoms with Gasteiger partial charge in [0.05, 0.1) is 17.1 Å². The fourth-order valence-corrected chi connectivity index (χ4v) is 2.19. The lowest BCUT2D eigenvalue weighted by Crippen LogP contribution is -2.14. The number of nitrogens with zero attached hydrogens (tertiary/aromatic N) is 1. The van der Waals surface area contributed by atoms with Gasteiger partial charge in [-0.15, -0.1) is 0 Å². The van der Waals surface area contributed by atoms with Crippen LogP contribution in [0.3, 0.4) is 0 Å². The number of aliphatic hydroxyl groups excluding tert-OH is 1. The van der Waals surface area contributed by atoms with Gasteiger partial charge in [-0.1, -0.05) is 42.5 Å². The Morgan fingerprint density at radius 1 is 1.25 bits per heavy atom. The normalized spacial score (nSPS) is 12.5. The first-order valence-corrected chi connectivity index (χ1v) is 7.39. The molecule has 1 atom stereocenters. The highest BCUT2D eigenvalue weighted by Crippen LogP contribution is 2.25. The van der Waals surface area contributed by atoms with Crippen molar-refractivity contribution in [2.75, 3.05) is 6.61 Å². The van der Waals surface area contributed by atoms with Crippen LogP contribution in [-0.4, -0.2) is 22.6 Å². The van der Waals surface area contributed by atoms with Crippen molar-refractivity contribution in [2.24, 2.45) is 0 Å². The van der Waals surface area contributed by atoms with E-state index < -0.39 is 17.0 Å². The van der Waals surface area contributed by atoms with Gasteiger partial charge in [0, 0.05) is 12.1 Å². The van der Waals surface area contributed by atoms with Crippen molar-refractivity contribution in [1.82, 2.24) is 0 Å². The second-order valence-electron chi connectivity index (χ2n) is 4.99. The SMILES string of the molecule is CCOC(=O)/C(=C/c1cccc([N+](=O)[O-])c1)C(O)c1ccccc1. The molecule has 6 heteroatoms. The van der Waals surface area contributed by atoms with Gasteiger partial charge in [0.25, 0.3) is 5.69 Å². The number of ether oxygens (including phenoxy) is 1. The topological polar surface area (TPSA) is 89.7 Å². The molecule has 0 aliphatic rings. The van der Waals surface area contributed by atoms with Gasteiger partial charge in [-0.05, 0) is 24.1 Å². The highest BCUT2D eigenvalue weighted by molar-refractivity contribution is 5.95. The lowest BCUT2D eigenvalue weighted by molar-refractivity contribution is -0.384. The van der Waals surface area contributed by atoms with Gasteiger partial charge in [0.2, 0.25) is 0 Å². The first-order valence-electron chi connectivity index (χ1n) is 7.39. The van der Waals surface area contributed by atoms with Crippen LogP contribution in [0.15, 0.2) is 60.2 Å².